The summed E-state index contributed by atoms with van der Waals surface area (Å²) >= 11 is 0. The molecular formula is C30H55NO2. The third-order valence-corrected chi connectivity index (χ3v) is 8.32. The van der Waals surface area contributed by atoms with Gasteiger partial charge in [-0.1, -0.05) is 84.3 Å². The summed E-state index contributed by atoms with van der Waals surface area (Å²) in [5.74, 6) is 0.291. The van der Waals surface area contributed by atoms with E-state index >= 15 is 0 Å². The standard InChI is InChI=1S/C18H34O2.C12H21N/c1-2-3-4-5-6-7-8-9-10-11-12-13-14-15-16-17-18(19)20;1-10-3-9-4-11(2,6-10)8-12(13,5-9)7-10/h9-10H,2-8,11-17H2,1H3,(H,19,20);9H,3-8,13H2,1-2H3/b10-9-;. The van der Waals surface area contributed by atoms with Gasteiger partial charge in [-0.3, -0.25) is 4.79 Å². The summed E-state index contributed by atoms with van der Waals surface area (Å²) in [6.07, 6.45) is 29.5. The van der Waals surface area contributed by atoms with E-state index in [1.54, 1.807) is 0 Å². The Labute approximate surface area is 205 Å². The van der Waals surface area contributed by atoms with Crippen LogP contribution in [0.4, 0.5) is 0 Å². The first-order valence-corrected chi connectivity index (χ1v) is 14.3. The number of unbranched alkanes of at least 4 members (excludes halogenated alkanes) is 11. The lowest BCUT2D eigenvalue weighted by atomic mass is 9.43. The Balaban J connectivity index is 0.000000251. The van der Waals surface area contributed by atoms with Gasteiger partial charge >= 0.3 is 5.97 Å². The second kappa shape index (κ2) is 13.9. The molecule has 33 heavy (non-hydrogen) atoms. The highest BCUT2D eigenvalue weighted by Crippen LogP contribution is 2.65. The number of carbonyl (C=O) groups is 1. The second-order valence-corrected chi connectivity index (χ2v) is 12.7. The van der Waals surface area contributed by atoms with Crippen LogP contribution in [0, 0.1) is 16.7 Å². The van der Waals surface area contributed by atoms with Crippen molar-refractivity contribution >= 4 is 5.97 Å². The molecule has 3 heteroatoms. The molecule has 2 atom stereocenters. The maximum Gasteiger partial charge on any atom is 0.303 e. The van der Waals surface area contributed by atoms with Crippen molar-refractivity contribution in [3.63, 3.8) is 0 Å². The fourth-order valence-electron chi connectivity index (χ4n) is 7.88. The fourth-order valence-corrected chi connectivity index (χ4v) is 7.88. The average molecular weight is 462 g/mol. The molecule has 4 bridgehead atoms. The number of rotatable bonds is 15. The van der Waals surface area contributed by atoms with E-state index < -0.39 is 5.97 Å². The van der Waals surface area contributed by atoms with E-state index in [1.807, 2.05) is 0 Å². The Morgan fingerprint density at radius 2 is 1.27 bits per heavy atom. The van der Waals surface area contributed by atoms with Crippen molar-refractivity contribution in [2.45, 2.75) is 155 Å². The number of carboxylic acids is 1. The Kier molecular flexibility index (Phi) is 12.0. The average Bonchev–Trinajstić information content (AvgIpc) is 2.67. The maximum atomic E-state index is 10.3. The van der Waals surface area contributed by atoms with Crippen LogP contribution in [0.15, 0.2) is 12.2 Å². The van der Waals surface area contributed by atoms with E-state index in [-0.39, 0.29) is 5.54 Å². The van der Waals surface area contributed by atoms with Gasteiger partial charge in [0.05, 0.1) is 0 Å². The largest absolute Gasteiger partial charge is 0.481 e. The molecule has 0 amide bonds. The van der Waals surface area contributed by atoms with Gasteiger partial charge in [-0.05, 0) is 87.4 Å². The third kappa shape index (κ3) is 11.0. The predicted octanol–water partition coefficient (Wildman–Crippen LogP) is 8.80. The molecule has 0 saturated heterocycles. The smallest absolute Gasteiger partial charge is 0.303 e. The topological polar surface area (TPSA) is 63.3 Å². The zero-order chi connectivity index (χ0) is 24.2. The first-order chi connectivity index (χ1) is 15.7. The van der Waals surface area contributed by atoms with Crippen molar-refractivity contribution in [1.82, 2.24) is 0 Å². The van der Waals surface area contributed by atoms with Crippen LogP contribution >= 0.6 is 0 Å². The summed E-state index contributed by atoms with van der Waals surface area (Å²) in [6.45, 7) is 7.20. The highest BCUT2D eigenvalue weighted by Gasteiger charge is 2.58. The van der Waals surface area contributed by atoms with Crippen LogP contribution in [0.1, 0.15) is 149 Å². The molecule has 4 aliphatic carbocycles. The van der Waals surface area contributed by atoms with Crippen molar-refractivity contribution in [3.05, 3.63) is 12.2 Å². The van der Waals surface area contributed by atoms with Crippen molar-refractivity contribution < 1.29 is 9.90 Å². The van der Waals surface area contributed by atoms with Gasteiger partial charge in [0.25, 0.3) is 0 Å². The van der Waals surface area contributed by atoms with Gasteiger partial charge in [0.15, 0.2) is 0 Å². The molecule has 4 rings (SSSR count). The van der Waals surface area contributed by atoms with E-state index in [0.29, 0.717) is 17.3 Å². The molecule has 4 fully saturated rings. The van der Waals surface area contributed by atoms with E-state index in [4.69, 9.17) is 10.8 Å². The Morgan fingerprint density at radius 3 is 1.73 bits per heavy atom. The van der Waals surface area contributed by atoms with Gasteiger partial charge in [-0.25, -0.2) is 0 Å². The van der Waals surface area contributed by atoms with Crippen LogP contribution in [0.2, 0.25) is 0 Å². The first kappa shape index (κ1) is 28.4. The van der Waals surface area contributed by atoms with Crippen LogP contribution in [0.3, 0.4) is 0 Å². The summed E-state index contributed by atoms with van der Waals surface area (Å²) in [5, 5.41) is 8.51. The zero-order valence-corrected chi connectivity index (χ0v) is 22.3. The number of aliphatic carboxylic acids is 1. The first-order valence-electron chi connectivity index (χ1n) is 14.3. The molecule has 3 nitrogen and oxygen atoms in total. The van der Waals surface area contributed by atoms with Crippen molar-refractivity contribution in [2.75, 3.05) is 0 Å². The molecule has 192 valence electrons. The second-order valence-electron chi connectivity index (χ2n) is 12.7. The van der Waals surface area contributed by atoms with Crippen molar-refractivity contribution in [2.24, 2.45) is 22.5 Å². The number of allylic oxidation sites excluding steroid dienone is 2. The van der Waals surface area contributed by atoms with Gasteiger partial charge in [-0.2, -0.15) is 0 Å². The van der Waals surface area contributed by atoms with Gasteiger partial charge < -0.3 is 10.8 Å². The van der Waals surface area contributed by atoms with E-state index in [0.717, 1.165) is 18.8 Å². The molecular weight excluding hydrogens is 406 g/mol. The zero-order valence-electron chi connectivity index (χ0n) is 22.3. The predicted molar refractivity (Wildman–Crippen MR) is 141 cm³/mol. The maximum absolute atomic E-state index is 10.3. The summed E-state index contributed by atoms with van der Waals surface area (Å²) in [7, 11) is 0. The summed E-state index contributed by atoms with van der Waals surface area (Å²) in [6, 6.07) is 0. The highest BCUT2D eigenvalue weighted by atomic mass is 16.4. The van der Waals surface area contributed by atoms with Gasteiger partial charge in [0.1, 0.15) is 0 Å². The molecule has 4 aliphatic rings. The lowest BCUT2D eigenvalue weighted by Crippen LogP contribution is -2.62. The molecule has 4 saturated carbocycles. The SMILES string of the molecule is CC12CC3CC(C)(C1)CC(N)(C3)C2.CCCCCCCC/C=C\CCCCCCCC(=O)O. The number of nitrogens with two attached hydrogens (primary N) is 1. The number of carboxylic acid groups (broad SMARTS) is 1. The van der Waals surface area contributed by atoms with Gasteiger partial charge in [0, 0.05) is 12.0 Å². The minimum absolute atomic E-state index is 0.225. The van der Waals surface area contributed by atoms with Crippen molar-refractivity contribution in [1.29, 1.82) is 0 Å². The Bertz CT molecular complexity index is 547. The summed E-state index contributed by atoms with van der Waals surface area (Å²) < 4.78 is 0. The van der Waals surface area contributed by atoms with Crippen LogP contribution in [-0.2, 0) is 4.79 Å². The molecule has 0 aromatic heterocycles. The normalized spacial score (nSPS) is 32.2. The molecule has 0 aliphatic heterocycles. The third-order valence-electron chi connectivity index (χ3n) is 8.32. The minimum atomic E-state index is -0.664. The minimum Gasteiger partial charge on any atom is -0.481 e. The molecule has 0 aromatic carbocycles. The molecule has 0 spiro atoms. The summed E-state index contributed by atoms with van der Waals surface area (Å²) in [5.41, 5.74) is 7.92. The Hall–Kier alpha value is -0.830. The molecule has 3 N–H and O–H groups in total. The fraction of sp³-hybridized carbons (Fsp3) is 0.900. The number of hydrogen-bond acceptors (Lipinski definition) is 2. The molecule has 0 heterocycles. The number of hydrogen-bond donors (Lipinski definition) is 2. The van der Waals surface area contributed by atoms with Crippen LogP contribution in [-0.4, -0.2) is 16.6 Å². The quantitative estimate of drug-likeness (QED) is 0.189. The van der Waals surface area contributed by atoms with Crippen LogP contribution in [0.25, 0.3) is 0 Å². The highest BCUT2D eigenvalue weighted by molar-refractivity contribution is 5.66. The molecule has 0 aromatic rings. The monoisotopic (exact) mass is 461 g/mol. The van der Waals surface area contributed by atoms with Crippen LogP contribution in [0.5, 0.6) is 0 Å². The van der Waals surface area contributed by atoms with E-state index in [1.165, 1.54) is 109 Å². The van der Waals surface area contributed by atoms with E-state index in [2.05, 4.69) is 32.9 Å². The summed E-state index contributed by atoms with van der Waals surface area (Å²) in [4.78, 5) is 10.3. The lowest BCUT2D eigenvalue weighted by Gasteiger charge is -2.64. The molecule has 0 radical (unpaired) electrons. The van der Waals surface area contributed by atoms with Crippen LogP contribution < -0.4 is 5.73 Å². The van der Waals surface area contributed by atoms with Gasteiger partial charge in [-0.15, -0.1) is 0 Å². The van der Waals surface area contributed by atoms with Gasteiger partial charge in [0.2, 0.25) is 0 Å². The molecule has 2 unspecified atom stereocenters. The van der Waals surface area contributed by atoms with Crippen molar-refractivity contribution in [3.8, 4) is 0 Å². The Morgan fingerprint density at radius 1 is 0.788 bits per heavy atom. The van der Waals surface area contributed by atoms with E-state index in [9.17, 15) is 4.79 Å². The lowest BCUT2D eigenvalue weighted by molar-refractivity contribution is -0.137.